The van der Waals surface area contributed by atoms with E-state index in [0.717, 1.165) is 22.4 Å². The van der Waals surface area contributed by atoms with E-state index in [9.17, 15) is 0 Å². The molecule has 0 atom stereocenters. The van der Waals surface area contributed by atoms with Gasteiger partial charge in [-0.3, -0.25) is 0 Å². The van der Waals surface area contributed by atoms with Crippen molar-refractivity contribution in [3.05, 3.63) is 71.5 Å². The second-order valence-corrected chi connectivity index (χ2v) is 5.12. The van der Waals surface area contributed by atoms with Gasteiger partial charge in [0, 0.05) is 22.7 Å². The largest absolute Gasteiger partial charge is 0.240 e. The molecule has 100 valence electrons. The van der Waals surface area contributed by atoms with Crippen molar-refractivity contribution in [3.8, 4) is 16.8 Å². The fourth-order valence-electron chi connectivity index (χ4n) is 2.03. The van der Waals surface area contributed by atoms with Crippen molar-refractivity contribution in [1.82, 2.24) is 9.78 Å². The van der Waals surface area contributed by atoms with Crippen LogP contribution in [0.2, 0.25) is 5.02 Å². The molecule has 3 rings (SSSR count). The van der Waals surface area contributed by atoms with Crippen LogP contribution in [0.15, 0.2) is 60.9 Å². The first-order chi connectivity index (χ1) is 9.78. The molecule has 0 aliphatic heterocycles. The maximum absolute atomic E-state index is 6.18. The lowest BCUT2D eigenvalue weighted by atomic mass is 10.1. The van der Waals surface area contributed by atoms with Crippen LogP contribution in [0.5, 0.6) is 0 Å². The van der Waals surface area contributed by atoms with E-state index in [1.54, 1.807) is 0 Å². The van der Waals surface area contributed by atoms with Crippen LogP contribution in [0.1, 0.15) is 5.56 Å². The molecular weight excluding hydrogens is 291 g/mol. The summed E-state index contributed by atoms with van der Waals surface area (Å²) in [7, 11) is 0. The van der Waals surface area contributed by atoms with E-state index in [4.69, 9.17) is 23.2 Å². The number of halogens is 2. The minimum Gasteiger partial charge on any atom is -0.240 e. The molecule has 0 N–H and O–H groups in total. The van der Waals surface area contributed by atoms with E-state index in [2.05, 4.69) is 17.2 Å². The average molecular weight is 303 g/mol. The Bertz CT molecular complexity index is 720. The van der Waals surface area contributed by atoms with Crippen molar-refractivity contribution in [2.75, 3.05) is 0 Å². The van der Waals surface area contributed by atoms with Crippen molar-refractivity contribution in [2.24, 2.45) is 0 Å². The Morgan fingerprint density at radius 1 is 1.00 bits per heavy atom. The first-order valence-electron chi connectivity index (χ1n) is 6.23. The van der Waals surface area contributed by atoms with E-state index in [1.165, 1.54) is 0 Å². The first-order valence-corrected chi connectivity index (χ1v) is 7.14. The van der Waals surface area contributed by atoms with Crippen LogP contribution in [-0.4, -0.2) is 9.78 Å². The van der Waals surface area contributed by atoms with Gasteiger partial charge in [-0.1, -0.05) is 48.0 Å². The molecule has 0 fully saturated rings. The molecular formula is C16H12Cl2N2. The molecule has 0 aliphatic rings. The number of alkyl halides is 1. The third kappa shape index (κ3) is 2.58. The van der Waals surface area contributed by atoms with E-state index in [0.29, 0.717) is 10.9 Å². The van der Waals surface area contributed by atoms with Crippen LogP contribution >= 0.6 is 23.2 Å². The third-order valence-electron chi connectivity index (χ3n) is 3.13. The normalized spacial score (nSPS) is 10.7. The second kappa shape index (κ2) is 5.70. The van der Waals surface area contributed by atoms with Crippen molar-refractivity contribution in [2.45, 2.75) is 5.88 Å². The van der Waals surface area contributed by atoms with Crippen molar-refractivity contribution in [3.63, 3.8) is 0 Å². The van der Waals surface area contributed by atoms with Crippen LogP contribution in [0.4, 0.5) is 0 Å². The summed E-state index contributed by atoms with van der Waals surface area (Å²) in [4.78, 5) is 0. The molecule has 0 radical (unpaired) electrons. The predicted octanol–water partition coefficient (Wildman–Crippen LogP) is 4.93. The molecule has 0 bridgehead atoms. The molecule has 3 aromatic rings. The Morgan fingerprint density at radius 2 is 1.80 bits per heavy atom. The van der Waals surface area contributed by atoms with E-state index >= 15 is 0 Å². The topological polar surface area (TPSA) is 17.8 Å². The summed E-state index contributed by atoms with van der Waals surface area (Å²) in [5.74, 6) is 0.410. The molecule has 1 aromatic heterocycles. The zero-order chi connectivity index (χ0) is 13.9. The number of hydrogen-bond acceptors (Lipinski definition) is 1. The Hall–Kier alpha value is -1.77. The van der Waals surface area contributed by atoms with E-state index < -0.39 is 0 Å². The summed E-state index contributed by atoms with van der Waals surface area (Å²) in [6.07, 6.45) is 3.83. The van der Waals surface area contributed by atoms with Crippen LogP contribution in [0.3, 0.4) is 0 Å². The molecule has 1 heterocycles. The zero-order valence-electron chi connectivity index (χ0n) is 10.6. The van der Waals surface area contributed by atoms with Crippen molar-refractivity contribution >= 4 is 23.2 Å². The molecule has 2 nitrogen and oxygen atoms in total. The smallest absolute Gasteiger partial charge is 0.0660 e. The summed E-state index contributed by atoms with van der Waals surface area (Å²) in [6, 6.07) is 15.9. The number of nitrogens with zero attached hydrogens (tertiary/aromatic N) is 2. The number of rotatable bonds is 3. The molecule has 0 saturated heterocycles. The Kier molecular flexibility index (Phi) is 3.77. The SMILES string of the molecule is ClCc1ccc(-n2cc(-c3ccccc3)cn2)cc1Cl. The minimum atomic E-state index is 0.410. The highest BCUT2D eigenvalue weighted by atomic mass is 35.5. The summed E-state index contributed by atoms with van der Waals surface area (Å²) < 4.78 is 1.81. The molecule has 0 amide bonds. The zero-order valence-corrected chi connectivity index (χ0v) is 12.1. The van der Waals surface area contributed by atoms with Gasteiger partial charge in [-0.15, -0.1) is 11.6 Å². The lowest BCUT2D eigenvalue weighted by molar-refractivity contribution is 0.880. The highest BCUT2D eigenvalue weighted by Crippen LogP contribution is 2.23. The highest BCUT2D eigenvalue weighted by Gasteiger charge is 2.05. The predicted molar refractivity (Wildman–Crippen MR) is 83.6 cm³/mol. The van der Waals surface area contributed by atoms with Gasteiger partial charge in [-0.2, -0.15) is 5.10 Å². The number of aromatic nitrogens is 2. The van der Waals surface area contributed by atoms with Gasteiger partial charge in [0.05, 0.1) is 11.9 Å². The summed E-state index contributed by atoms with van der Waals surface area (Å²) >= 11 is 12.0. The van der Waals surface area contributed by atoms with Gasteiger partial charge in [0.15, 0.2) is 0 Å². The van der Waals surface area contributed by atoms with Gasteiger partial charge >= 0.3 is 0 Å². The summed E-state index contributed by atoms with van der Waals surface area (Å²) in [6.45, 7) is 0. The maximum Gasteiger partial charge on any atom is 0.0660 e. The second-order valence-electron chi connectivity index (χ2n) is 4.45. The van der Waals surface area contributed by atoms with Gasteiger partial charge in [-0.05, 0) is 23.3 Å². The van der Waals surface area contributed by atoms with E-state index in [-0.39, 0.29) is 0 Å². The average Bonchev–Trinajstić information content (AvgIpc) is 2.98. The monoisotopic (exact) mass is 302 g/mol. The molecule has 0 aliphatic carbocycles. The summed E-state index contributed by atoms with van der Waals surface area (Å²) in [5.41, 5.74) is 4.06. The molecule has 2 aromatic carbocycles. The van der Waals surface area contributed by atoms with Crippen LogP contribution in [0, 0.1) is 0 Å². The Morgan fingerprint density at radius 3 is 2.50 bits per heavy atom. The Balaban J connectivity index is 1.96. The van der Waals surface area contributed by atoms with Crippen LogP contribution < -0.4 is 0 Å². The van der Waals surface area contributed by atoms with E-state index in [1.807, 2.05) is 53.5 Å². The summed E-state index contributed by atoms with van der Waals surface area (Å²) in [5, 5.41) is 5.05. The number of hydrogen-bond donors (Lipinski definition) is 0. The first kappa shape index (κ1) is 13.2. The van der Waals surface area contributed by atoms with Crippen molar-refractivity contribution in [1.29, 1.82) is 0 Å². The quantitative estimate of drug-likeness (QED) is 0.627. The fourth-order valence-corrected chi connectivity index (χ4v) is 2.57. The fraction of sp³-hybridized carbons (Fsp3) is 0.0625. The molecule has 4 heteroatoms. The Labute approximate surface area is 127 Å². The highest BCUT2D eigenvalue weighted by molar-refractivity contribution is 6.32. The maximum atomic E-state index is 6.18. The molecule has 20 heavy (non-hydrogen) atoms. The van der Waals surface area contributed by atoms with Gasteiger partial charge in [0.1, 0.15) is 0 Å². The lowest BCUT2D eigenvalue weighted by Gasteiger charge is -2.04. The number of benzene rings is 2. The molecule has 0 unspecified atom stereocenters. The van der Waals surface area contributed by atoms with Gasteiger partial charge in [0.25, 0.3) is 0 Å². The van der Waals surface area contributed by atoms with Gasteiger partial charge in [-0.25, -0.2) is 4.68 Å². The van der Waals surface area contributed by atoms with Crippen LogP contribution in [-0.2, 0) is 5.88 Å². The lowest BCUT2D eigenvalue weighted by Crippen LogP contribution is -1.94. The molecule has 0 saturated carbocycles. The standard InChI is InChI=1S/C16H12Cl2N2/c17-9-13-6-7-15(8-16(13)18)20-11-14(10-19-20)12-4-2-1-3-5-12/h1-8,10-11H,9H2. The van der Waals surface area contributed by atoms with Crippen molar-refractivity contribution < 1.29 is 0 Å². The van der Waals surface area contributed by atoms with Crippen LogP contribution in [0.25, 0.3) is 16.8 Å². The third-order valence-corrected chi connectivity index (χ3v) is 3.77. The van der Waals surface area contributed by atoms with Gasteiger partial charge in [0.2, 0.25) is 0 Å². The van der Waals surface area contributed by atoms with Gasteiger partial charge < -0.3 is 0 Å². The molecule has 0 spiro atoms. The minimum absolute atomic E-state index is 0.410.